The summed E-state index contributed by atoms with van der Waals surface area (Å²) in [5, 5.41) is 0. The normalized spacial score (nSPS) is 10.7. The zero-order chi connectivity index (χ0) is 15.6. The molecular weight excluding hydrogens is 274 g/mol. The van der Waals surface area contributed by atoms with Gasteiger partial charge in [0.05, 0.1) is 0 Å². The second kappa shape index (κ2) is 8.67. The van der Waals surface area contributed by atoms with Crippen LogP contribution in [0.25, 0.3) is 0 Å². The van der Waals surface area contributed by atoms with E-state index in [-0.39, 0.29) is 24.5 Å². The summed E-state index contributed by atoms with van der Waals surface area (Å²) in [6.07, 6.45) is 3.04. The van der Waals surface area contributed by atoms with E-state index in [0.717, 1.165) is 11.1 Å². The van der Waals surface area contributed by atoms with Crippen LogP contribution in [0.15, 0.2) is 65.7 Å². The molecule has 2 rings (SSSR count). The number of aliphatic imine (C=N–C) groups is 1. The first-order valence-corrected chi connectivity index (χ1v) is 7.39. The fourth-order valence-electron chi connectivity index (χ4n) is 2.09. The minimum absolute atomic E-state index is 0.0674. The van der Waals surface area contributed by atoms with Crippen molar-refractivity contribution in [3.05, 3.63) is 71.8 Å². The highest BCUT2D eigenvalue weighted by Crippen LogP contribution is 2.04. The molecule has 0 heterocycles. The van der Waals surface area contributed by atoms with Gasteiger partial charge in [-0.2, -0.15) is 0 Å². The first-order chi connectivity index (χ1) is 10.7. The molecule has 2 aromatic carbocycles. The van der Waals surface area contributed by atoms with Crippen LogP contribution in [0.3, 0.4) is 0 Å². The predicted molar refractivity (Wildman–Crippen MR) is 88.0 cm³/mol. The molecule has 2 aromatic rings. The molecule has 1 amide bonds. The third-order valence-corrected chi connectivity index (χ3v) is 3.27. The number of rotatable bonds is 7. The van der Waals surface area contributed by atoms with Gasteiger partial charge in [0.15, 0.2) is 0 Å². The number of amides is 1. The van der Waals surface area contributed by atoms with Crippen molar-refractivity contribution in [2.24, 2.45) is 4.99 Å². The molecular formula is C19H19NO2. The first-order valence-electron chi connectivity index (χ1n) is 7.39. The molecule has 0 saturated heterocycles. The van der Waals surface area contributed by atoms with Gasteiger partial charge in [0.25, 0.3) is 0 Å². The Morgan fingerprint density at radius 1 is 0.818 bits per heavy atom. The molecule has 0 spiro atoms. The molecule has 0 aromatic heterocycles. The lowest BCUT2D eigenvalue weighted by Crippen LogP contribution is -2.06. The van der Waals surface area contributed by atoms with Gasteiger partial charge >= 0.3 is 0 Å². The van der Waals surface area contributed by atoms with Crippen LogP contribution in [0, 0.1) is 0 Å². The van der Waals surface area contributed by atoms with Gasteiger partial charge in [-0.05, 0) is 11.1 Å². The molecule has 0 aliphatic heterocycles. The van der Waals surface area contributed by atoms with Crippen molar-refractivity contribution in [1.29, 1.82) is 0 Å². The SMILES string of the molecule is O=C(CCC(=O)N=CCc1ccccc1)Cc1ccccc1. The minimum Gasteiger partial charge on any atom is -0.299 e. The summed E-state index contributed by atoms with van der Waals surface area (Å²) in [6, 6.07) is 19.4. The molecule has 0 aliphatic rings. The average Bonchev–Trinajstić information content (AvgIpc) is 2.55. The van der Waals surface area contributed by atoms with Gasteiger partial charge in [-0.3, -0.25) is 9.59 Å². The third kappa shape index (κ3) is 5.83. The van der Waals surface area contributed by atoms with Crippen LogP contribution in [-0.2, 0) is 22.4 Å². The van der Waals surface area contributed by atoms with E-state index in [1.165, 1.54) is 0 Å². The summed E-state index contributed by atoms with van der Waals surface area (Å²) in [4.78, 5) is 27.3. The molecule has 0 saturated carbocycles. The Balaban J connectivity index is 1.70. The number of carbonyl (C=O) groups is 2. The molecule has 3 heteroatoms. The summed E-state index contributed by atoms with van der Waals surface area (Å²) in [5.74, 6) is -0.171. The van der Waals surface area contributed by atoms with Crippen molar-refractivity contribution in [1.82, 2.24) is 0 Å². The monoisotopic (exact) mass is 293 g/mol. The third-order valence-electron chi connectivity index (χ3n) is 3.27. The molecule has 0 atom stereocenters. The summed E-state index contributed by atoms with van der Waals surface area (Å²) >= 11 is 0. The van der Waals surface area contributed by atoms with Crippen molar-refractivity contribution in [2.75, 3.05) is 0 Å². The summed E-state index contributed by atoms with van der Waals surface area (Å²) in [7, 11) is 0. The van der Waals surface area contributed by atoms with Crippen LogP contribution in [0.1, 0.15) is 24.0 Å². The zero-order valence-corrected chi connectivity index (χ0v) is 12.4. The number of Topliss-reactive ketones (excluding diaryl/α,β-unsaturated/α-hetero) is 1. The van der Waals surface area contributed by atoms with Crippen LogP contribution in [0.4, 0.5) is 0 Å². The zero-order valence-electron chi connectivity index (χ0n) is 12.4. The fourth-order valence-corrected chi connectivity index (χ4v) is 2.09. The van der Waals surface area contributed by atoms with E-state index in [1.54, 1.807) is 6.21 Å². The number of carbonyl (C=O) groups excluding carboxylic acids is 2. The molecule has 112 valence electrons. The Morgan fingerprint density at radius 2 is 1.41 bits per heavy atom. The van der Waals surface area contributed by atoms with Crippen LogP contribution in [-0.4, -0.2) is 17.9 Å². The van der Waals surface area contributed by atoms with Crippen LogP contribution < -0.4 is 0 Å². The minimum atomic E-state index is -0.239. The number of hydrogen-bond acceptors (Lipinski definition) is 2. The molecule has 0 N–H and O–H groups in total. The molecule has 0 bridgehead atoms. The van der Waals surface area contributed by atoms with Crippen molar-refractivity contribution in [3.8, 4) is 0 Å². The Morgan fingerprint density at radius 3 is 2.05 bits per heavy atom. The van der Waals surface area contributed by atoms with Crippen molar-refractivity contribution in [2.45, 2.75) is 25.7 Å². The Bertz CT molecular complexity index is 633. The number of benzene rings is 2. The lowest BCUT2D eigenvalue weighted by atomic mass is 10.1. The smallest absolute Gasteiger partial charge is 0.245 e. The van der Waals surface area contributed by atoms with Crippen molar-refractivity contribution in [3.63, 3.8) is 0 Å². The van der Waals surface area contributed by atoms with E-state index in [0.29, 0.717) is 12.8 Å². The number of ketones is 1. The van der Waals surface area contributed by atoms with E-state index in [1.807, 2.05) is 60.7 Å². The lowest BCUT2D eigenvalue weighted by molar-refractivity contribution is -0.123. The summed E-state index contributed by atoms with van der Waals surface area (Å²) in [6.45, 7) is 0. The molecule has 0 aliphatic carbocycles. The Kier molecular flexibility index (Phi) is 6.24. The molecule has 3 nitrogen and oxygen atoms in total. The Labute approximate surface area is 130 Å². The Hall–Kier alpha value is -2.55. The number of nitrogens with zero attached hydrogens (tertiary/aromatic N) is 1. The highest BCUT2D eigenvalue weighted by Gasteiger charge is 2.06. The maximum atomic E-state index is 11.8. The van der Waals surface area contributed by atoms with E-state index >= 15 is 0 Å². The maximum absolute atomic E-state index is 11.8. The van der Waals surface area contributed by atoms with Gasteiger partial charge in [-0.15, -0.1) is 0 Å². The molecule has 0 unspecified atom stereocenters. The topological polar surface area (TPSA) is 46.5 Å². The van der Waals surface area contributed by atoms with Crippen molar-refractivity contribution < 1.29 is 9.59 Å². The summed E-state index contributed by atoms with van der Waals surface area (Å²) < 4.78 is 0. The van der Waals surface area contributed by atoms with Gasteiger partial charge < -0.3 is 0 Å². The highest BCUT2D eigenvalue weighted by molar-refractivity contribution is 5.89. The van der Waals surface area contributed by atoms with Crippen molar-refractivity contribution >= 4 is 17.9 Å². The lowest BCUT2D eigenvalue weighted by Gasteiger charge is -1.99. The standard InChI is InChI=1S/C19H19NO2/c21-18(15-17-9-5-2-6-10-17)11-12-19(22)20-14-13-16-7-3-1-4-8-16/h1-10,14H,11-13,15H2. The van der Waals surface area contributed by atoms with E-state index in [2.05, 4.69) is 4.99 Å². The average molecular weight is 293 g/mol. The van der Waals surface area contributed by atoms with E-state index in [4.69, 9.17) is 0 Å². The van der Waals surface area contributed by atoms with Crippen LogP contribution in [0.2, 0.25) is 0 Å². The molecule has 22 heavy (non-hydrogen) atoms. The van der Waals surface area contributed by atoms with Crippen LogP contribution >= 0.6 is 0 Å². The van der Waals surface area contributed by atoms with E-state index < -0.39 is 0 Å². The summed E-state index contributed by atoms with van der Waals surface area (Å²) in [5.41, 5.74) is 2.09. The van der Waals surface area contributed by atoms with Gasteiger partial charge in [0.1, 0.15) is 5.78 Å². The fraction of sp³-hybridized carbons (Fsp3) is 0.211. The second-order valence-electron chi connectivity index (χ2n) is 5.10. The van der Waals surface area contributed by atoms with Crippen LogP contribution in [0.5, 0.6) is 0 Å². The van der Waals surface area contributed by atoms with E-state index in [9.17, 15) is 9.59 Å². The molecule has 0 fully saturated rings. The quantitative estimate of drug-likeness (QED) is 0.734. The highest BCUT2D eigenvalue weighted by atomic mass is 16.1. The van der Waals surface area contributed by atoms with Gasteiger partial charge in [-0.25, -0.2) is 4.99 Å². The largest absolute Gasteiger partial charge is 0.299 e. The molecule has 0 radical (unpaired) electrons. The van der Waals surface area contributed by atoms with Gasteiger partial charge in [-0.1, -0.05) is 60.7 Å². The first kappa shape index (κ1) is 15.8. The van der Waals surface area contributed by atoms with Gasteiger partial charge in [0.2, 0.25) is 5.91 Å². The number of hydrogen-bond donors (Lipinski definition) is 0. The maximum Gasteiger partial charge on any atom is 0.245 e. The second-order valence-corrected chi connectivity index (χ2v) is 5.10. The van der Waals surface area contributed by atoms with Gasteiger partial charge in [0, 0.05) is 31.9 Å². The predicted octanol–water partition coefficient (Wildman–Crippen LogP) is 3.42.